The summed E-state index contributed by atoms with van der Waals surface area (Å²) in [5.74, 6) is -2.64. The topological polar surface area (TPSA) is 98.7 Å². The second-order valence-electron chi connectivity index (χ2n) is 3.99. The van der Waals surface area contributed by atoms with Gasteiger partial charge < -0.3 is 20.8 Å². The molecule has 110 valence electrons. The van der Waals surface area contributed by atoms with Gasteiger partial charge in [-0.15, -0.1) is 0 Å². The first-order valence-corrected chi connectivity index (χ1v) is 5.76. The van der Waals surface area contributed by atoms with Gasteiger partial charge in [0.1, 0.15) is 11.6 Å². The second-order valence-corrected chi connectivity index (χ2v) is 3.99. The van der Waals surface area contributed by atoms with Gasteiger partial charge in [0, 0.05) is 25.1 Å². The second kappa shape index (κ2) is 7.39. The van der Waals surface area contributed by atoms with Gasteiger partial charge in [0.05, 0.1) is 0 Å². The number of amides is 2. The summed E-state index contributed by atoms with van der Waals surface area (Å²) in [4.78, 5) is 21.6. The molecule has 1 aromatic rings. The predicted molar refractivity (Wildman–Crippen MR) is 64.9 cm³/mol. The quantitative estimate of drug-likeness (QED) is 0.616. The van der Waals surface area contributed by atoms with Crippen LogP contribution in [0.5, 0.6) is 0 Å². The number of nitrogens with one attached hydrogen (secondary N) is 2. The number of hydrogen-bond donors (Lipinski definition) is 4. The largest absolute Gasteiger partial charge is 0.479 e. The molecule has 0 aliphatic heterocycles. The zero-order valence-electron chi connectivity index (χ0n) is 10.4. The molecule has 0 aliphatic rings. The zero-order chi connectivity index (χ0) is 15.1. The molecule has 1 unspecified atom stereocenters. The Labute approximate surface area is 113 Å². The molecule has 0 aliphatic carbocycles. The van der Waals surface area contributed by atoms with E-state index in [4.69, 9.17) is 10.2 Å². The third kappa shape index (κ3) is 5.19. The number of carboxylic acids is 1. The van der Waals surface area contributed by atoms with Crippen LogP contribution >= 0.6 is 0 Å². The van der Waals surface area contributed by atoms with Crippen molar-refractivity contribution in [2.75, 3.05) is 6.54 Å². The number of hydrogen-bond acceptors (Lipinski definition) is 3. The molecule has 8 heteroatoms. The molecule has 1 rings (SSSR count). The van der Waals surface area contributed by atoms with Gasteiger partial charge in [0.25, 0.3) is 0 Å². The van der Waals surface area contributed by atoms with Crippen LogP contribution in [-0.4, -0.2) is 34.9 Å². The van der Waals surface area contributed by atoms with Crippen molar-refractivity contribution in [2.24, 2.45) is 0 Å². The predicted octanol–water partition coefficient (Wildman–Crippen LogP) is 0.600. The molecule has 1 aromatic carbocycles. The average molecular weight is 288 g/mol. The van der Waals surface area contributed by atoms with Gasteiger partial charge in [0.2, 0.25) is 0 Å². The van der Waals surface area contributed by atoms with Crippen molar-refractivity contribution in [1.82, 2.24) is 10.6 Å². The van der Waals surface area contributed by atoms with Gasteiger partial charge in [0.15, 0.2) is 6.10 Å². The van der Waals surface area contributed by atoms with Gasteiger partial charge in [-0.1, -0.05) is 0 Å². The number of aliphatic carboxylic acids is 1. The summed E-state index contributed by atoms with van der Waals surface area (Å²) in [6, 6.07) is 2.20. The zero-order valence-corrected chi connectivity index (χ0v) is 10.4. The van der Waals surface area contributed by atoms with Crippen LogP contribution in [0, 0.1) is 11.6 Å². The number of urea groups is 1. The third-order valence-electron chi connectivity index (χ3n) is 2.44. The molecule has 4 N–H and O–H groups in total. The molecule has 0 aromatic heterocycles. The fourth-order valence-corrected chi connectivity index (χ4v) is 1.36. The lowest BCUT2D eigenvalue weighted by Crippen LogP contribution is -2.37. The fourth-order valence-electron chi connectivity index (χ4n) is 1.36. The van der Waals surface area contributed by atoms with Crippen LogP contribution in [0.3, 0.4) is 0 Å². The maximum Gasteiger partial charge on any atom is 0.332 e. The van der Waals surface area contributed by atoms with Crippen LogP contribution in [0.15, 0.2) is 18.2 Å². The van der Waals surface area contributed by atoms with E-state index in [0.29, 0.717) is 0 Å². The lowest BCUT2D eigenvalue weighted by molar-refractivity contribution is -0.146. The standard InChI is InChI=1S/C12H14F2N2O4/c13-8-1-2-9(14)7(5-8)6-16-12(20)15-4-3-10(17)11(18)19/h1-2,5,10,17H,3-4,6H2,(H,18,19)(H2,15,16,20). The summed E-state index contributed by atoms with van der Waals surface area (Å²) in [5, 5.41) is 21.9. The number of carboxylic acid groups (broad SMARTS) is 1. The summed E-state index contributed by atoms with van der Waals surface area (Å²) in [6.45, 7) is -0.276. The Hall–Kier alpha value is -2.22. The van der Waals surface area contributed by atoms with Gasteiger partial charge in [-0.05, 0) is 18.2 Å². The summed E-state index contributed by atoms with van der Waals surface area (Å²) >= 11 is 0. The summed E-state index contributed by atoms with van der Waals surface area (Å²) < 4.78 is 26.1. The molecule has 0 saturated carbocycles. The highest BCUT2D eigenvalue weighted by Crippen LogP contribution is 2.08. The van der Waals surface area contributed by atoms with Crippen LogP contribution in [-0.2, 0) is 11.3 Å². The SMILES string of the molecule is O=C(NCCC(O)C(=O)O)NCc1cc(F)ccc1F. The molecule has 0 bridgehead atoms. The van der Waals surface area contributed by atoms with Gasteiger partial charge >= 0.3 is 12.0 Å². The van der Waals surface area contributed by atoms with Gasteiger partial charge in [-0.25, -0.2) is 18.4 Å². The monoisotopic (exact) mass is 288 g/mol. The molecule has 20 heavy (non-hydrogen) atoms. The number of aliphatic hydroxyl groups excluding tert-OH is 1. The van der Waals surface area contributed by atoms with E-state index in [0.717, 1.165) is 18.2 Å². The molecule has 0 fully saturated rings. The first kappa shape index (κ1) is 15.8. The van der Waals surface area contributed by atoms with Crippen LogP contribution in [0.4, 0.5) is 13.6 Å². The number of carbonyl (C=O) groups is 2. The first-order chi connectivity index (χ1) is 9.40. The number of aliphatic hydroxyl groups is 1. The van der Waals surface area contributed by atoms with E-state index in [9.17, 15) is 18.4 Å². The molecule has 0 radical (unpaired) electrons. The summed E-state index contributed by atoms with van der Waals surface area (Å²) in [7, 11) is 0. The minimum Gasteiger partial charge on any atom is -0.479 e. The lowest BCUT2D eigenvalue weighted by Gasteiger charge is -2.09. The Morgan fingerprint density at radius 1 is 1.25 bits per heavy atom. The maximum atomic E-state index is 13.2. The van der Waals surface area contributed by atoms with Crippen molar-refractivity contribution < 1.29 is 28.6 Å². The van der Waals surface area contributed by atoms with E-state index in [2.05, 4.69) is 10.6 Å². The number of benzene rings is 1. The van der Waals surface area contributed by atoms with Gasteiger partial charge in [-0.2, -0.15) is 0 Å². The number of carbonyl (C=O) groups excluding carboxylic acids is 1. The van der Waals surface area contributed by atoms with E-state index in [1.165, 1.54) is 0 Å². The summed E-state index contributed by atoms with van der Waals surface area (Å²) in [6.07, 6.45) is -1.71. The molecule has 1 atom stereocenters. The van der Waals surface area contributed by atoms with Crippen molar-refractivity contribution in [2.45, 2.75) is 19.1 Å². The van der Waals surface area contributed by atoms with E-state index >= 15 is 0 Å². The average Bonchev–Trinajstić information content (AvgIpc) is 2.39. The highest BCUT2D eigenvalue weighted by molar-refractivity contribution is 5.74. The maximum absolute atomic E-state index is 13.2. The number of halogens is 2. The Morgan fingerprint density at radius 2 is 1.95 bits per heavy atom. The smallest absolute Gasteiger partial charge is 0.332 e. The molecule has 0 saturated heterocycles. The van der Waals surface area contributed by atoms with Crippen LogP contribution in [0.25, 0.3) is 0 Å². The Balaban J connectivity index is 2.33. The van der Waals surface area contributed by atoms with Crippen molar-refractivity contribution >= 4 is 12.0 Å². The fraction of sp³-hybridized carbons (Fsp3) is 0.333. The molecule has 2 amide bonds. The normalized spacial score (nSPS) is 11.8. The molecular formula is C12H14F2N2O4. The van der Waals surface area contributed by atoms with E-state index in [1.807, 2.05) is 0 Å². The Kier molecular flexibility index (Phi) is 5.85. The Morgan fingerprint density at radius 3 is 2.60 bits per heavy atom. The van der Waals surface area contributed by atoms with Crippen molar-refractivity contribution in [3.05, 3.63) is 35.4 Å². The minimum atomic E-state index is -1.56. The van der Waals surface area contributed by atoms with Crippen LogP contribution in [0.1, 0.15) is 12.0 Å². The van der Waals surface area contributed by atoms with Crippen molar-refractivity contribution in [3.8, 4) is 0 Å². The molecule has 6 nitrogen and oxygen atoms in total. The molecule has 0 heterocycles. The van der Waals surface area contributed by atoms with Crippen LogP contribution < -0.4 is 10.6 Å². The first-order valence-electron chi connectivity index (χ1n) is 5.76. The lowest BCUT2D eigenvalue weighted by atomic mass is 10.2. The highest BCUT2D eigenvalue weighted by Gasteiger charge is 2.13. The minimum absolute atomic E-state index is 0.00859. The third-order valence-corrected chi connectivity index (χ3v) is 2.44. The van der Waals surface area contributed by atoms with E-state index in [-0.39, 0.29) is 25.1 Å². The van der Waals surface area contributed by atoms with Crippen molar-refractivity contribution in [3.63, 3.8) is 0 Å². The van der Waals surface area contributed by atoms with Gasteiger partial charge in [-0.3, -0.25) is 0 Å². The molecular weight excluding hydrogens is 274 g/mol. The van der Waals surface area contributed by atoms with Crippen LogP contribution in [0.2, 0.25) is 0 Å². The summed E-state index contributed by atoms with van der Waals surface area (Å²) in [5.41, 5.74) is -0.00859. The highest BCUT2D eigenvalue weighted by atomic mass is 19.1. The van der Waals surface area contributed by atoms with Crippen molar-refractivity contribution in [1.29, 1.82) is 0 Å². The van der Waals surface area contributed by atoms with E-state index < -0.39 is 29.7 Å². The van der Waals surface area contributed by atoms with E-state index in [1.54, 1.807) is 0 Å². The Bertz CT molecular complexity index is 496. The molecule has 0 spiro atoms. The number of rotatable bonds is 6.